The van der Waals surface area contributed by atoms with Gasteiger partial charge in [0.1, 0.15) is 0 Å². The first-order valence-electron chi connectivity index (χ1n) is 5.77. The standard InChI is InChI=1S/C14H11Br2NS2/c1-17-13(8-5-12(16)18-6-8)10-7-19-14-9(10)3-2-4-11(14)15/h2-7,13,17H,1H3. The predicted molar refractivity (Wildman–Crippen MR) is 92.4 cm³/mol. The monoisotopic (exact) mass is 415 g/mol. The molecule has 0 aliphatic rings. The lowest BCUT2D eigenvalue weighted by molar-refractivity contribution is 0.701. The molecule has 5 heteroatoms. The van der Waals surface area contributed by atoms with Gasteiger partial charge in [-0.05, 0) is 78.3 Å². The van der Waals surface area contributed by atoms with Gasteiger partial charge in [-0.25, -0.2) is 0 Å². The Morgan fingerprint density at radius 3 is 2.68 bits per heavy atom. The fourth-order valence-electron chi connectivity index (χ4n) is 2.24. The maximum Gasteiger partial charge on any atom is 0.0701 e. The molecule has 0 radical (unpaired) electrons. The van der Waals surface area contributed by atoms with Crippen LogP contribution in [0.1, 0.15) is 17.2 Å². The summed E-state index contributed by atoms with van der Waals surface area (Å²) < 4.78 is 3.65. The third-order valence-corrected chi connectivity index (χ3v) is 6.60. The van der Waals surface area contributed by atoms with E-state index in [9.17, 15) is 0 Å². The Morgan fingerprint density at radius 1 is 1.16 bits per heavy atom. The van der Waals surface area contributed by atoms with E-state index in [4.69, 9.17) is 0 Å². The van der Waals surface area contributed by atoms with E-state index in [0.717, 1.165) is 0 Å². The summed E-state index contributed by atoms with van der Waals surface area (Å²) in [6, 6.07) is 8.81. The van der Waals surface area contributed by atoms with Crippen LogP contribution in [0.15, 0.2) is 43.3 Å². The van der Waals surface area contributed by atoms with Crippen molar-refractivity contribution in [2.24, 2.45) is 0 Å². The van der Waals surface area contributed by atoms with Crippen LogP contribution in [0, 0.1) is 0 Å². The van der Waals surface area contributed by atoms with E-state index in [1.807, 2.05) is 7.05 Å². The Bertz CT molecular complexity index is 717. The van der Waals surface area contributed by atoms with Crippen LogP contribution >= 0.6 is 54.5 Å². The van der Waals surface area contributed by atoms with Crippen molar-refractivity contribution in [2.75, 3.05) is 7.05 Å². The second-order valence-corrected chi connectivity index (χ2v) is 8.24. The van der Waals surface area contributed by atoms with Crippen LogP contribution in [0.5, 0.6) is 0 Å². The van der Waals surface area contributed by atoms with Crippen LogP contribution in [0.25, 0.3) is 10.1 Å². The third-order valence-electron chi connectivity index (χ3n) is 3.10. The van der Waals surface area contributed by atoms with E-state index in [-0.39, 0.29) is 6.04 Å². The summed E-state index contributed by atoms with van der Waals surface area (Å²) in [5.74, 6) is 0. The van der Waals surface area contributed by atoms with Crippen LogP contribution in [0.4, 0.5) is 0 Å². The maximum atomic E-state index is 3.63. The number of rotatable bonds is 3. The summed E-state index contributed by atoms with van der Waals surface area (Å²) >= 11 is 10.7. The molecule has 0 amide bonds. The van der Waals surface area contributed by atoms with Crippen LogP contribution in [-0.2, 0) is 0 Å². The smallest absolute Gasteiger partial charge is 0.0701 e. The molecule has 1 nitrogen and oxygen atoms in total. The van der Waals surface area contributed by atoms with Crippen molar-refractivity contribution in [1.29, 1.82) is 0 Å². The lowest BCUT2D eigenvalue weighted by atomic mass is 10.0. The van der Waals surface area contributed by atoms with Gasteiger partial charge in [-0.1, -0.05) is 12.1 Å². The zero-order valence-electron chi connectivity index (χ0n) is 10.1. The van der Waals surface area contributed by atoms with Gasteiger partial charge in [0.2, 0.25) is 0 Å². The third kappa shape index (κ3) is 2.54. The number of hydrogen-bond donors (Lipinski definition) is 1. The van der Waals surface area contributed by atoms with Crippen LogP contribution < -0.4 is 5.32 Å². The topological polar surface area (TPSA) is 12.0 Å². The Morgan fingerprint density at radius 2 is 2.00 bits per heavy atom. The second kappa shape index (κ2) is 5.66. The SMILES string of the molecule is CNC(c1csc(Br)c1)c1csc2c(Br)cccc12. The van der Waals surface area contributed by atoms with Crippen LogP contribution in [0.3, 0.4) is 0 Å². The molecule has 0 bridgehead atoms. The minimum absolute atomic E-state index is 0.241. The molecule has 19 heavy (non-hydrogen) atoms. The van der Waals surface area contributed by atoms with Crippen molar-refractivity contribution in [3.63, 3.8) is 0 Å². The van der Waals surface area contributed by atoms with Crippen molar-refractivity contribution in [1.82, 2.24) is 5.32 Å². The number of thiophene rings is 2. The lowest BCUT2D eigenvalue weighted by Gasteiger charge is -2.14. The Kier molecular flexibility index (Phi) is 4.10. The highest BCUT2D eigenvalue weighted by atomic mass is 79.9. The molecule has 3 aromatic rings. The minimum Gasteiger partial charge on any atom is -0.309 e. The number of nitrogens with one attached hydrogen (secondary N) is 1. The lowest BCUT2D eigenvalue weighted by Crippen LogP contribution is -2.16. The first-order chi connectivity index (χ1) is 9.20. The van der Waals surface area contributed by atoms with Crippen molar-refractivity contribution < 1.29 is 0 Å². The normalized spacial score (nSPS) is 13.0. The quantitative estimate of drug-likeness (QED) is 0.569. The summed E-state index contributed by atoms with van der Waals surface area (Å²) in [5.41, 5.74) is 2.65. The number of benzene rings is 1. The van der Waals surface area contributed by atoms with Gasteiger partial charge in [0.15, 0.2) is 0 Å². The molecule has 0 spiro atoms. The molecule has 0 saturated heterocycles. The molecule has 1 N–H and O–H groups in total. The van der Waals surface area contributed by atoms with Crippen LogP contribution in [-0.4, -0.2) is 7.05 Å². The number of halogens is 2. The van der Waals surface area contributed by atoms with Crippen LogP contribution in [0.2, 0.25) is 0 Å². The molecule has 98 valence electrons. The van der Waals surface area contributed by atoms with E-state index in [0.29, 0.717) is 0 Å². The van der Waals surface area contributed by atoms with E-state index in [1.165, 1.54) is 29.5 Å². The molecule has 1 atom stereocenters. The summed E-state index contributed by atoms with van der Waals surface area (Å²) in [5, 5.41) is 9.20. The molecule has 1 unspecified atom stereocenters. The molecule has 3 rings (SSSR count). The number of fused-ring (bicyclic) bond motifs is 1. The maximum absolute atomic E-state index is 3.63. The number of hydrogen-bond acceptors (Lipinski definition) is 3. The van der Waals surface area contributed by atoms with Gasteiger partial charge in [0.05, 0.1) is 9.83 Å². The van der Waals surface area contributed by atoms with Gasteiger partial charge in [-0.15, -0.1) is 22.7 Å². The van der Waals surface area contributed by atoms with Gasteiger partial charge in [0, 0.05) is 9.17 Å². The van der Waals surface area contributed by atoms with E-state index >= 15 is 0 Å². The average molecular weight is 417 g/mol. The molecule has 2 aromatic heterocycles. The van der Waals surface area contributed by atoms with E-state index in [2.05, 4.69) is 72.2 Å². The van der Waals surface area contributed by atoms with Gasteiger partial charge in [-0.2, -0.15) is 0 Å². The molecule has 1 aromatic carbocycles. The fraction of sp³-hybridized carbons (Fsp3) is 0.143. The first kappa shape index (κ1) is 13.8. The average Bonchev–Trinajstić information content (AvgIpc) is 2.99. The summed E-state index contributed by atoms with van der Waals surface area (Å²) in [7, 11) is 2.01. The summed E-state index contributed by atoms with van der Waals surface area (Å²) in [6.07, 6.45) is 0. The van der Waals surface area contributed by atoms with Crippen molar-refractivity contribution in [3.05, 3.63) is 54.4 Å². The summed E-state index contributed by atoms with van der Waals surface area (Å²) in [6.45, 7) is 0. The van der Waals surface area contributed by atoms with Crippen molar-refractivity contribution in [2.45, 2.75) is 6.04 Å². The van der Waals surface area contributed by atoms with Gasteiger partial charge < -0.3 is 5.32 Å². The second-order valence-electron chi connectivity index (χ2n) is 4.21. The Hall–Kier alpha value is -0.200. The fourth-order valence-corrected chi connectivity index (χ4v) is 5.09. The molecule has 2 heterocycles. The summed E-state index contributed by atoms with van der Waals surface area (Å²) in [4.78, 5) is 0. The van der Waals surface area contributed by atoms with Gasteiger partial charge >= 0.3 is 0 Å². The molecule has 0 aliphatic carbocycles. The van der Waals surface area contributed by atoms with Crippen molar-refractivity contribution in [3.8, 4) is 0 Å². The first-order valence-corrected chi connectivity index (χ1v) is 9.12. The molecule has 0 fully saturated rings. The molecular formula is C14H11Br2NS2. The highest BCUT2D eigenvalue weighted by Gasteiger charge is 2.18. The van der Waals surface area contributed by atoms with Crippen molar-refractivity contribution >= 4 is 64.6 Å². The van der Waals surface area contributed by atoms with E-state index in [1.54, 1.807) is 22.7 Å². The highest BCUT2D eigenvalue weighted by Crippen LogP contribution is 2.38. The molecule has 0 aliphatic heterocycles. The zero-order valence-corrected chi connectivity index (χ0v) is 14.9. The Labute approximate surface area is 136 Å². The highest BCUT2D eigenvalue weighted by molar-refractivity contribution is 9.11. The Balaban J connectivity index is 2.14. The van der Waals surface area contributed by atoms with Gasteiger partial charge in [0.25, 0.3) is 0 Å². The molecule has 0 saturated carbocycles. The van der Waals surface area contributed by atoms with Gasteiger partial charge in [-0.3, -0.25) is 0 Å². The minimum atomic E-state index is 0.241. The zero-order chi connectivity index (χ0) is 13.4. The molecular weight excluding hydrogens is 406 g/mol. The van der Waals surface area contributed by atoms with E-state index < -0.39 is 0 Å². The predicted octanol–water partition coefficient (Wildman–Crippen LogP) is 5.80. The largest absolute Gasteiger partial charge is 0.309 e.